The lowest BCUT2D eigenvalue weighted by Crippen LogP contribution is -2.14. The molecular weight excluding hydrogens is 313 g/mol. The number of aliphatic hydroxyl groups excluding tert-OH is 1. The molecule has 0 spiro atoms. The Hall–Kier alpha value is -1.15. The highest BCUT2D eigenvalue weighted by Crippen LogP contribution is 2.27. The minimum atomic E-state index is -3.95. The van der Waals surface area contributed by atoms with Gasteiger partial charge >= 0.3 is 0 Å². The number of nitrogens with one attached hydrogen (secondary N) is 1. The van der Waals surface area contributed by atoms with E-state index in [9.17, 15) is 12.8 Å². The Morgan fingerprint density at radius 1 is 1.37 bits per heavy atom. The van der Waals surface area contributed by atoms with E-state index >= 15 is 0 Å². The monoisotopic (exact) mass is 321 g/mol. The van der Waals surface area contributed by atoms with Crippen LogP contribution in [0.1, 0.15) is 4.88 Å². The molecule has 0 bridgehead atoms. The van der Waals surface area contributed by atoms with Gasteiger partial charge in [0.1, 0.15) is 4.90 Å². The van der Waals surface area contributed by atoms with Crippen LogP contribution in [-0.4, -0.2) is 13.5 Å². The highest BCUT2D eigenvalue weighted by atomic mass is 35.5. The molecule has 0 atom stereocenters. The fourth-order valence-corrected chi connectivity index (χ4v) is 4.00. The largest absolute Gasteiger partial charge is 0.391 e. The Morgan fingerprint density at radius 3 is 2.79 bits per heavy atom. The Kier molecular flexibility index (Phi) is 4.10. The first-order chi connectivity index (χ1) is 8.95. The number of rotatable bonds is 4. The summed E-state index contributed by atoms with van der Waals surface area (Å²) in [7, 11) is -3.95. The Morgan fingerprint density at radius 2 is 2.11 bits per heavy atom. The fourth-order valence-electron chi connectivity index (χ4n) is 1.47. The number of hydrogen-bond donors (Lipinski definition) is 2. The fraction of sp³-hybridized carbons (Fsp3) is 0.0909. The Labute approximate surface area is 118 Å². The summed E-state index contributed by atoms with van der Waals surface area (Å²) in [5.41, 5.74) is -0.234. The van der Waals surface area contributed by atoms with Crippen LogP contribution in [-0.2, 0) is 16.6 Å². The van der Waals surface area contributed by atoms with Gasteiger partial charge in [-0.2, -0.15) is 0 Å². The maximum atomic E-state index is 13.7. The molecule has 0 saturated heterocycles. The minimum absolute atomic E-state index is 0.0700. The van der Waals surface area contributed by atoms with Gasteiger partial charge in [-0.3, -0.25) is 4.72 Å². The molecule has 1 heterocycles. The first-order valence-corrected chi connectivity index (χ1v) is 7.84. The van der Waals surface area contributed by atoms with Crippen molar-refractivity contribution in [3.8, 4) is 0 Å². The second kappa shape index (κ2) is 5.46. The van der Waals surface area contributed by atoms with E-state index in [-0.39, 0.29) is 20.5 Å². The smallest absolute Gasteiger partial charge is 0.263 e. The second-order valence-corrected chi connectivity index (χ2v) is 6.63. The van der Waals surface area contributed by atoms with Gasteiger partial charge in [0.2, 0.25) is 0 Å². The summed E-state index contributed by atoms with van der Waals surface area (Å²) in [6.45, 7) is -0.397. The van der Waals surface area contributed by atoms with Crippen LogP contribution in [0.3, 0.4) is 0 Å². The highest BCUT2D eigenvalue weighted by Gasteiger charge is 2.21. The Bertz CT molecular complexity index is 700. The zero-order valence-electron chi connectivity index (χ0n) is 9.43. The van der Waals surface area contributed by atoms with Crippen molar-refractivity contribution in [2.75, 3.05) is 4.72 Å². The molecule has 102 valence electrons. The molecule has 0 amide bonds. The molecule has 2 N–H and O–H groups in total. The predicted molar refractivity (Wildman–Crippen MR) is 72.5 cm³/mol. The van der Waals surface area contributed by atoms with Crippen molar-refractivity contribution in [3.05, 3.63) is 45.4 Å². The normalized spacial score (nSPS) is 11.5. The van der Waals surface area contributed by atoms with Gasteiger partial charge in [-0.15, -0.1) is 11.3 Å². The molecule has 1 aromatic heterocycles. The van der Waals surface area contributed by atoms with Gasteiger partial charge in [0.05, 0.1) is 22.2 Å². The topological polar surface area (TPSA) is 66.4 Å². The van der Waals surface area contributed by atoms with E-state index in [1.165, 1.54) is 29.6 Å². The minimum Gasteiger partial charge on any atom is -0.391 e. The summed E-state index contributed by atoms with van der Waals surface area (Å²) in [6.07, 6.45) is 0. The molecule has 2 aromatic rings. The molecule has 0 aliphatic rings. The standard InChI is InChI=1S/C11H9ClFNO3S2/c12-7-2-1-3-8(11(7)13)14-19(16,17)10-4-5-18-9(10)6-15/h1-5,14-15H,6H2. The number of aliphatic hydroxyl groups is 1. The van der Waals surface area contributed by atoms with E-state index in [1.54, 1.807) is 0 Å². The van der Waals surface area contributed by atoms with Crippen molar-refractivity contribution in [2.24, 2.45) is 0 Å². The van der Waals surface area contributed by atoms with Crippen molar-refractivity contribution in [2.45, 2.75) is 11.5 Å². The van der Waals surface area contributed by atoms with Gasteiger partial charge in [0.25, 0.3) is 10.0 Å². The lowest BCUT2D eigenvalue weighted by atomic mass is 10.3. The van der Waals surface area contributed by atoms with Gasteiger partial charge in [0.15, 0.2) is 5.82 Å². The molecule has 19 heavy (non-hydrogen) atoms. The van der Waals surface area contributed by atoms with E-state index in [4.69, 9.17) is 16.7 Å². The van der Waals surface area contributed by atoms with Crippen LogP contribution in [0.15, 0.2) is 34.5 Å². The third-order valence-electron chi connectivity index (χ3n) is 2.33. The Balaban J connectivity index is 2.40. The van der Waals surface area contributed by atoms with Crippen LogP contribution in [0.2, 0.25) is 5.02 Å². The molecule has 0 fully saturated rings. The maximum absolute atomic E-state index is 13.7. The number of halogens is 2. The van der Waals surface area contributed by atoms with Crippen LogP contribution in [0.5, 0.6) is 0 Å². The molecule has 0 unspecified atom stereocenters. The summed E-state index contributed by atoms with van der Waals surface area (Å²) in [4.78, 5) is 0.217. The second-order valence-electron chi connectivity index (χ2n) is 3.57. The van der Waals surface area contributed by atoms with E-state index in [0.29, 0.717) is 0 Å². The zero-order chi connectivity index (χ0) is 14.0. The molecule has 0 aliphatic carbocycles. The number of sulfonamides is 1. The van der Waals surface area contributed by atoms with Gasteiger partial charge in [0, 0.05) is 0 Å². The molecule has 8 heteroatoms. The quantitative estimate of drug-likeness (QED) is 0.910. The lowest BCUT2D eigenvalue weighted by Gasteiger charge is -2.09. The van der Waals surface area contributed by atoms with Crippen molar-refractivity contribution in [3.63, 3.8) is 0 Å². The number of benzene rings is 1. The number of thiophene rings is 1. The average Bonchev–Trinajstić information content (AvgIpc) is 2.84. The van der Waals surface area contributed by atoms with Crippen molar-refractivity contribution in [1.29, 1.82) is 0 Å². The average molecular weight is 322 g/mol. The molecule has 1 aromatic carbocycles. The van der Waals surface area contributed by atoms with Crippen LogP contribution in [0.4, 0.5) is 10.1 Å². The van der Waals surface area contributed by atoms with Gasteiger partial charge < -0.3 is 5.11 Å². The van der Waals surface area contributed by atoms with Crippen molar-refractivity contribution < 1.29 is 17.9 Å². The molecular formula is C11H9ClFNO3S2. The maximum Gasteiger partial charge on any atom is 0.263 e. The van der Waals surface area contributed by atoms with Gasteiger partial charge in [-0.1, -0.05) is 17.7 Å². The molecule has 2 rings (SSSR count). The van der Waals surface area contributed by atoms with Crippen molar-refractivity contribution >= 4 is 38.6 Å². The number of hydrogen-bond acceptors (Lipinski definition) is 4. The van der Waals surface area contributed by atoms with E-state index in [1.807, 2.05) is 0 Å². The van der Waals surface area contributed by atoms with Crippen LogP contribution >= 0.6 is 22.9 Å². The van der Waals surface area contributed by atoms with Crippen LogP contribution in [0.25, 0.3) is 0 Å². The first-order valence-electron chi connectivity index (χ1n) is 5.10. The summed E-state index contributed by atoms with van der Waals surface area (Å²) < 4.78 is 39.9. The van der Waals surface area contributed by atoms with E-state index in [2.05, 4.69) is 4.72 Å². The summed E-state index contributed by atoms with van der Waals surface area (Å²) in [5, 5.41) is 10.4. The number of anilines is 1. The lowest BCUT2D eigenvalue weighted by molar-refractivity contribution is 0.282. The third kappa shape index (κ3) is 2.89. The SMILES string of the molecule is O=S(=O)(Nc1cccc(Cl)c1F)c1ccsc1CO. The van der Waals surface area contributed by atoms with Crippen LogP contribution < -0.4 is 4.72 Å². The predicted octanol–water partition coefficient (Wildman–Crippen LogP) is 2.83. The van der Waals surface area contributed by atoms with Gasteiger partial charge in [-0.25, -0.2) is 12.8 Å². The van der Waals surface area contributed by atoms with E-state index in [0.717, 1.165) is 11.3 Å². The molecule has 0 saturated carbocycles. The summed E-state index contributed by atoms with van der Waals surface area (Å²) in [5.74, 6) is -0.839. The third-order valence-corrected chi connectivity index (χ3v) is 5.11. The zero-order valence-corrected chi connectivity index (χ0v) is 11.8. The first kappa shape index (κ1) is 14.3. The highest BCUT2D eigenvalue weighted by molar-refractivity contribution is 7.93. The van der Waals surface area contributed by atoms with E-state index < -0.39 is 22.4 Å². The molecule has 4 nitrogen and oxygen atoms in total. The van der Waals surface area contributed by atoms with Crippen molar-refractivity contribution in [1.82, 2.24) is 0 Å². The summed E-state index contributed by atoms with van der Waals surface area (Å²) in [6, 6.07) is 5.37. The molecule has 0 radical (unpaired) electrons. The molecule has 0 aliphatic heterocycles. The summed E-state index contributed by atoms with van der Waals surface area (Å²) >= 11 is 6.68. The van der Waals surface area contributed by atoms with Gasteiger partial charge in [-0.05, 0) is 23.6 Å². The van der Waals surface area contributed by atoms with Crippen LogP contribution in [0, 0.1) is 5.82 Å².